The molecular formula is C17H23ClN4O3. The zero-order chi connectivity index (χ0) is 17.3. The molecule has 2 aliphatic rings. The summed E-state index contributed by atoms with van der Waals surface area (Å²) in [5.74, 6) is -1.30. The Morgan fingerprint density at radius 2 is 1.80 bits per heavy atom. The van der Waals surface area contributed by atoms with E-state index in [9.17, 15) is 14.4 Å². The van der Waals surface area contributed by atoms with Gasteiger partial charge in [-0.15, -0.1) is 12.4 Å². The Balaban J connectivity index is 0.00000225. The van der Waals surface area contributed by atoms with Gasteiger partial charge in [0.05, 0.1) is 0 Å². The third-order valence-electron chi connectivity index (χ3n) is 4.69. The highest BCUT2D eigenvalue weighted by molar-refractivity contribution is 6.35. The number of nitrogens with zero attached hydrogens (tertiary/aromatic N) is 3. The van der Waals surface area contributed by atoms with Crippen molar-refractivity contribution in [3.63, 3.8) is 0 Å². The zero-order valence-corrected chi connectivity index (χ0v) is 15.1. The molecule has 8 heteroatoms. The molecule has 1 aromatic carbocycles. The minimum absolute atomic E-state index is 0. The van der Waals surface area contributed by atoms with Crippen LogP contribution in [0.25, 0.3) is 0 Å². The summed E-state index contributed by atoms with van der Waals surface area (Å²) in [4.78, 5) is 41.4. The molecule has 136 valence electrons. The van der Waals surface area contributed by atoms with Gasteiger partial charge in [-0.05, 0) is 37.5 Å². The molecule has 25 heavy (non-hydrogen) atoms. The number of likely N-dealkylation sites (N-methyl/N-ethyl adjacent to an activating group) is 1. The van der Waals surface area contributed by atoms with Crippen LogP contribution in [0, 0.1) is 0 Å². The molecule has 1 saturated heterocycles. The number of nitrogens with two attached hydrogens (primary N) is 1. The molecule has 0 atom stereocenters. The average molecular weight is 367 g/mol. The van der Waals surface area contributed by atoms with Crippen LogP contribution in [-0.4, -0.2) is 60.2 Å². The summed E-state index contributed by atoms with van der Waals surface area (Å²) in [6, 6.07) is 5.54. The van der Waals surface area contributed by atoms with Gasteiger partial charge in [0.15, 0.2) is 0 Å². The lowest BCUT2D eigenvalue weighted by Crippen LogP contribution is -2.56. The topological polar surface area (TPSA) is 86.9 Å². The molecule has 0 unspecified atom stereocenters. The standard InChI is InChI=1S/C17H22N4O3.ClH/c1-2-19-9-10-20(17(24)16(19)23)11-15(22)21-8-4-5-12-13(18)6-3-7-14(12)21;/h3,6-7H,2,4-5,8-11,18H2,1H3;1H. The fourth-order valence-electron chi connectivity index (χ4n) is 3.33. The number of hydrogen-bond donors (Lipinski definition) is 1. The van der Waals surface area contributed by atoms with Crippen LogP contribution in [-0.2, 0) is 20.8 Å². The SMILES string of the molecule is CCN1CCN(CC(=O)N2CCCc3c(N)cccc32)C(=O)C1=O.Cl. The van der Waals surface area contributed by atoms with Crippen LogP contribution in [0.15, 0.2) is 18.2 Å². The number of halogens is 1. The second-order valence-corrected chi connectivity index (χ2v) is 6.11. The van der Waals surface area contributed by atoms with Gasteiger partial charge < -0.3 is 20.4 Å². The molecule has 0 aliphatic carbocycles. The van der Waals surface area contributed by atoms with E-state index in [1.54, 1.807) is 4.90 Å². The molecule has 3 amide bonds. The summed E-state index contributed by atoms with van der Waals surface area (Å²) >= 11 is 0. The maximum absolute atomic E-state index is 12.7. The summed E-state index contributed by atoms with van der Waals surface area (Å²) in [6.45, 7) is 3.73. The molecule has 0 bridgehead atoms. The molecule has 2 heterocycles. The van der Waals surface area contributed by atoms with Crippen LogP contribution in [0.1, 0.15) is 18.9 Å². The van der Waals surface area contributed by atoms with E-state index >= 15 is 0 Å². The molecule has 1 aromatic rings. The summed E-state index contributed by atoms with van der Waals surface area (Å²) in [5.41, 5.74) is 8.49. The van der Waals surface area contributed by atoms with E-state index in [2.05, 4.69) is 0 Å². The van der Waals surface area contributed by atoms with Crippen molar-refractivity contribution >= 4 is 41.5 Å². The van der Waals surface area contributed by atoms with Crippen LogP contribution in [0.5, 0.6) is 0 Å². The van der Waals surface area contributed by atoms with Gasteiger partial charge in [-0.25, -0.2) is 0 Å². The normalized spacial score (nSPS) is 17.2. The Kier molecular flexibility index (Phi) is 5.89. The molecule has 2 N–H and O–H groups in total. The number of rotatable bonds is 3. The molecular weight excluding hydrogens is 344 g/mol. The van der Waals surface area contributed by atoms with Crippen molar-refractivity contribution in [2.75, 3.05) is 43.4 Å². The van der Waals surface area contributed by atoms with E-state index in [1.807, 2.05) is 25.1 Å². The summed E-state index contributed by atoms with van der Waals surface area (Å²) in [6.07, 6.45) is 1.68. The van der Waals surface area contributed by atoms with E-state index in [-0.39, 0.29) is 24.9 Å². The first-order valence-electron chi connectivity index (χ1n) is 8.28. The minimum Gasteiger partial charge on any atom is -0.398 e. The van der Waals surface area contributed by atoms with Gasteiger partial charge >= 0.3 is 11.8 Å². The van der Waals surface area contributed by atoms with Crippen LogP contribution in [0.2, 0.25) is 0 Å². The van der Waals surface area contributed by atoms with Crippen molar-refractivity contribution < 1.29 is 14.4 Å². The monoisotopic (exact) mass is 366 g/mol. The number of hydrogen-bond acceptors (Lipinski definition) is 4. The Hall–Kier alpha value is -2.28. The predicted molar refractivity (Wildman–Crippen MR) is 97.6 cm³/mol. The Labute approximate surface area is 153 Å². The molecule has 3 rings (SSSR count). The van der Waals surface area contributed by atoms with Crippen LogP contribution < -0.4 is 10.6 Å². The quantitative estimate of drug-likeness (QED) is 0.629. The van der Waals surface area contributed by atoms with Crippen molar-refractivity contribution in [1.82, 2.24) is 9.80 Å². The first kappa shape index (κ1) is 19.1. The highest BCUT2D eigenvalue weighted by Crippen LogP contribution is 2.31. The highest BCUT2D eigenvalue weighted by Gasteiger charge is 2.34. The highest BCUT2D eigenvalue weighted by atomic mass is 35.5. The number of fused-ring (bicyclic) bond motifs is 1. The van der Waals surface area contributed by atoms with E-state index in [0.717, 1.165) is 24.1 Å². The maximum Gasteiger partial charge on any atom is 0.312 e. The Morgan fingerprint density at radius 1 is 1.12 bits per heavy atom. The average Bonchev–Trinajstić information content (AvgIpc) is 2.59. The van der Waals surface area contributed by atoms with Crippen LogP contribution in [0.3, 0.4) is 0 Å². The van der Waals surface area contributed by atoms with Crippen molar-refractivity contribution in [2.24, 2.45) is 0 Å². The number of nitrogen functional groups attached to an aromatic ring is 1. The number of benzene rings is 1. The zero-order valence-electron chi connectivity index (χ0n) is 14.2. The predicted octanol–water partition coefficient (Wildman–Crippen LogP) is 0.661. The van der Waals surface area contributed by atoms with Gasteiger partial charge in [-0.1, -0.05) is 6.07 Å². The first-order valence-corrected chi connectivity index (χ1v) is 8.28. The Morgan fingerprint density at radius 3 is 2.52 bits per heavy atom. The minimum atomic E-state index is -0.596. The summed E-state index contributed by atoms with van der Waals surface area (Å²) in [7, 11) is 0. The lowest BCUT2D eigenvalue weighted by Gasteiger charge is -2.35. The smallest absolute Gasteiger partial charge is 0.312 e. The summed E-state index contributed by atoms with van der Waals surface area (Å²) in [5, 5.41) is 0. The molecule has 0 radical (unpaired) electrons. The number of piperazine rings is 1. The van der Waals surface area contributed by atoms with E-state index < -0.39 is 11.8 Å². The lowest BCUT2D eigenvalue weighted by atomic mass is 10.00. The van der Waals surface area contributed by atoms with Gasteiger partial charge in [0.2, 0.25) is 5.91 Å². The van der Waals surface area contributed by atoms with Crippen molar-refractivity contribution in [3.8, 4) is 0 Å². The van der Waals surface area contributed by atoms with Gasteiger partial charge in [0, 0.05) is 37.6 Å². The Bertz CT molecular complexity index is 694. The largest absolute Gasteiger partial charge is 0.398 e. The van der Waals surface area contributed by atoms with Gasteiger partial charge in [-0.3, -0.25) is 14.4 Å². The molecule has 2 aliphatic heterocycles. The third kappa shape index (κ3) is 3.56. The molecule has 1 fully saturated rings. The van der Waals surface area contributed by atoms with Crippen molar-refractivity contribution in [3.05, 3.63) is 23.8 Å². The van der Waals surface area contributed by atoms with E-state index in [1.165, 1.54) is 9.80 Å². The van der Waals surface area contributed by atoms with E-state index in [0.29, 0.717) is 31.9 Å². The number of amides is 3. The second kappa shape index (κ2) is 7.74. The lowest BCUT2D eigenvalue weighted by molar-refractivity contribution is -0.156. The molecule has 0 saturated carbocycles. The van der Waals surface area contributed by atoms with Gasteiger partial charge in [0.1, 0.15) is 6.54 Å². The van der Waals surface area contributed by atoms with Gasteiger partial charge in [0.25, 0.3) is 0 Å². The van der Waals surface area contributed by atoms with E-state index in [4.69, 9.17) is 5.73 Å². The maximum atomic E-state index is 12.7. The molecule has 7 nitrogen and oxygen atoms in total. The molecule has 0 aromatic heterocycles. The van der Waals surface area contributed by atoms with Crippen molar-refractivity contribution in [2.45, 2.75) is 19.8 Å². The fourth-order valence-corrected chi connectivity index (χ4v) is 3.33. The first-order chi connectivity index (χ1) is 11.5. The fraction of sp³-hybridized carbons (Fsp3) is 0.471. The van der Waals surface area contributed by atoms with Crippen LogP contribution >= 0.6 is 12.4 Å². The molecule has 0 spiro atoms. The summed E-state index contributed by atoms with van der Waals surface area (Å²) < 4.78 is 0. The van der Waals surface area contributed by atoms with Crippen LogP contribution in [0.4, 0.5) is 11.4 Å². The van der Waals surface area contributed by atoms with Gasteiger partial charge in [-0.2, -0.15) is 0 Å². The number of anilines is 2. The number of carbonyl (C=O) groups is 3. The third-order valence-corrected chi connectivity index (χ3v) is 4.69. The van der Waals surface area contributed by atoms with Crippen molar-refractivity contribution in [1.29, 1.82) is 0 Å². The number of carbonyl (C=O) groups excluding carboxylic acids is 3. The second-order valence-electron chi connectivity index (χ2n) is 6.11.